The van der Waals surface area contributed by atoms with Crippen LogP contribution in [0.15, 0.2) is 28.5 Å². The first-order valence-electron chi connectivity index (χ1n) is 9.03. The summed E-state index contributed by atoms with van der Waals surface area (Å²) in [5, 5.41) is 5.62. The molecule has 1 amide bonds. The molecule has 3 rings (SSSR count). The summed E-state index contributed by atoms with van der Waals surface area (Å²) in [5.74, 6) is 0.00306. The Balaban J connectivity index is 1.76. The molecule has 1 saturated heterocycles. The summed E-state index contributed by atoms with van der Waals surface area (Å²) in [6.07, 6.45) is 1.74. The predicted molar refractivity (Wildman–Crippen MR) is 106 cm³/mol. The number of nitrogens with one attached hydrogen (secondary N) is 1. The number of carbonyl (C=O) groups excluding carboxylic acids is 1. The first kappa shape index (κ1) is 20.0. The zero-order valence-electron chi connectivity index (χ0n) is 15.9. The van der Waals surface area contributed by atoms with E-state index < -0.39 is 10.0 Å². The van der Waals surface area contributed by atoms with Crippen molar-refractivity contribution in [2.45, 2.75) is 51.0 Å². The number of aryl methyl sites for hydroxylation is 2. The maximum Gasteiger partial charge on any atom is 0.243 e. The molecule has 0 bridgehead atoms. The maximum absolute atomic E-state index is 13.1. The topological polar surface area (TPSA) is 79.4 Å². The molecule has 1 unspecified atom stereocenters. The van der Waals surface area contributed by atoms with Gasteiger partial charge >= 0.3 is 0 Å². The Hall–Kier alpha value is -1.77. The molecule has 6 nitrogen and oxygen atoms in total. The van der Waals surface area contributed by atoms with Crippen LogP contribution in [-0.4, -0.2) is 36.7 Å². The lowest BCUT2D eigenvalue weighted by atomic mass is 10.0. The van der Waals surface area contributed by atoms with Crippen molar-refractivity contribution in [1.29, 1.82) is 0 Å². The van der Waals surface area contributed by atoms with E-state index in [9.17, 15) is 13.2 Å². The number of aromatic nitrogens is 1. The summed E-state index contributed by atoms with van der Waals surface area (Å²) in [5.41, 5.74) is 2.65. The first-order chi connectivity index (χ1) is 12.8. The van der Waals surface area contributed by atoms with E-state index in [0.29, 0.717) is 24.5 Å². The Kier molecular flexibility index (Phi) is 5.98. The second-order valence-corrected chi connectivity index (χ2v) is 9.85. The van der Waals surface area contributed by atoms with Crippen LogP contribution in [0.1, 0.15) is 47.5 Å². The van der Waals surface area contributed by atoms with Crippen LogP contribution in [0.4, 0.5) is 0 Å². The lowest BCUT2D eigenvalue weighted by molar-refractivity contribution is -0.119. The van der Waals surface area contributed by atoms with Crippen LogP contribution in [0, 0.1) is 13.8 Å². The van der Waals surface area contributed by atoms with Crippen LogP contribution in [0.2, 0.25) is 0 Å². The van der Waals surface area contributed by atoms with Gasteiger partial charge in [0.15, 0.2) is 0 Å². The molecule has 27 heavy (non-hydrogen) atoms. The van der Waals surface area contributed by atoms with Gasteiger partial charge in [0, 0.05) is 31.3 Å². The van der Waals surface area contributed by atoms with E-state index in [1.165, 1.54) is 18.3 Å². The van der Waals surface area contributed by atoms with E-state index in [-0.39, 0.29) is 11.8 Å². The molecule has 1 aromatic carbocycles. The van der Waals surface area contributed by atoms with Crippen LogP contribution in [-0.2, 0) is 21.4 Å². The highest BCUT2D eigenvalue weighted by Crippen LogP contribution is 2.32. The molecular weight excluding hydrogens is 382 g/mol. The summed E-state index contributed by atoms with van der Waals surface area (Å²) in [6.45, 7) is 6.67. The summed E-state index contributed by atoms with van der Waals surface area (Å²) in [6, 6.07) is 5.46. The molecule has 1 fully saturated rings. The van der Waals surface area contributed by atoms with Crippen molar-refractivity contribution in [3.63, 3.8) is 0 Å². The molecule has 0 aliphatic carbocycles. The average Bonchev–Trinajstić information content (AvgIpc) is 3.09. The summed E-state index contributed by atoms with van der Waals surface area (Å²) >= 11 is 1.54. The highest BCUT2D eigenvalue weighted by molar-refractivity contribution is 7.89. The number of hydrogen-bond acceptors (Lipinski definition) is 5. The third-order valence-electron chi connectivity index (χ3n) is 4.77. The number of piperidine rings is 1. The quantitative estimate of drug-likeness (QED) is 0.826. The summed E-state index contributed by atoms with van der Waals surface area (Å²) < 4.78 is 27.9. The minimum atomic E-state index is -3.51. The van der Waals surface area contributed by atoms with E-state index in [4.69, 9.17) is 0 Å². The molecule has 2 aromatic rings. The fourth-order valence-electron chi connectivity index (χ4n) is 3.40. The Morgan fingerprint density at radius 1 is 1.37 bits per heavy atom. The lowest BCUT2D eigenvalue weighted by Crippen LogP contribution is -2.39. The molecule has 2 heterocycles. The first-order valence-corrected chi connectivity index (χ1v) is 11.4. The van der Waals surface area contributed by atoms with Gasteiger partial charge < -0.3 is 5.32 Å². The zero-order valence-corrected chi connectivity index (χ0v) is 17.5. The number of sulfonamides is 1. The van der Waals surface area contributed by atoms with Crippen molar-refractivity contribution in [1.82, 2.24) is 14.6 Å². The highest BCUT2D eigenvalue weighted by Gasteiger charge is 2.32. The van der Waals surface area contributed by atoms with Crippen molar-refractivity contribution < 1.29 is 13.2 Å². The number of thiazole rings is 1. The number of amides is 1. The van der Waals surface area contributed by atoms with Crippen molar-refractivity contribution in [3.8, 4) is 0 Å². The molecule has 1 aliphatic heterocycles. The third-order valence-corrected chi connectivity index (χ3v) is 7.85. The molecule has 1 aromatic heterocycles. The number of rotatable bonds is 5. The number of hydrogen-bond donors (Lipinski definition) is 1. The monoisotopic (exact) mass is 407 g/mol. The smallest absolute Gasteiger partial charge is 0.243 e. The molecular formula is C19H25N3O3S2. The molecule has 146 valence electrons. The second kappa shape index (κ2) is 8.08. The molecule has 0 saturated carbocycles. The normalized spacial score (nSPS) is 18.4. The Morgan fingerprint density at radius 2 is 2.15 bits per heavy atom. The largest absolute Gasteiger partial charge is 0.351 e. The van der Waals surface area contributed by atoms with Crippen LogP contribution in [0.25, 0.3) is 0 Å². The van der Waals surface area contributed by atoms with E-state index in [0.717, 1.165) is 34.7 Å². The van der Waals surface area contributed by atoms with E-state index >= 15 is 0 Å². The van der Waals surface area contributed by atoms with Crippen LogP contribution < -0.4 is 5.32 Å². The fourth-order valence-corrected chi connectivity index (χ4v) is 6.07. The SMILES string of the molecule is CC(=O)NCc1csc(C2CCCN(S(=O)(=O)c3ccc(C)cc3C)C2)n1. The standard InChI is InChI=1S/C19H25N3O3S2/c1-13-6-7-18(14(2)9-13)27(24,25)22-8-4-5-16(11-22)19-21-17(12-26-19)10-20-15(3)23/h6-7,9,12,16H,4-5,8,10-11H2,1-3H3,(H,20,23). The maximum atomic E-state index is 13.1. The van der Waals surface area contributed by atoms with Crippen molar-refractivity contribution in [2.75, 3.05) is 13.1 Å². The van der Waals surface area contributed by atoms with Gasteiger partial charge in [0.05, 0.1) is 22.1 Å². The molecule has 0 spiro atoms. The minimum Gasteiger partial charge on any atom is -0.351 e. The fraction of sp³-hybridized carbons (Fsp3) is 0.474. The van der Waals surface area contributed by atoms with Crippen molar-refractivity contribution >= 4 is 27.3 Å². The van der Waals surface area contributed by atoms with Gasteiger partial charge in [0.25, 0.3) is 0 Å². The number of nitrogens with zero attached hydrogens (tertiary/aromatic N) is 2. The zero-order chi connectivity index (χ0) is 19.6. The van der Waals surface area contributed by atoms with Crippen LogP contribution in [0.3, 0.4) is 0 Å². The minimum absolute atomic E-state index is 0.0899. The molecule has 1 atom stereocenters. The van der Waals surface area contributed by atoms with Gasteiger partial charge in [-0.25, -0.2) is 13.4 Å². The summed E-state index contributed by atoms with van der Waals surface area (Å²) in [7, 11) is -3.51. The number of benzene rings is 1. The van der Waals surface area contributed by atoms with Gasteiger partial charge in [-0.2, -0.15) is 4.31 Å². The Labute approximate surface area is 164 Å². The van der Waals surface area contributed by atoms with Gasteiger partial charge in [0.2, 0.25) is 15.9 Å². The average molecular weight is 408 g/mol. The van der Waals surface area contributed by atoms with Gasteiger partial charge in [-0.15, -0.1) is 11.3 Å². The Bertz CT molecular complexity index is 937. The second-order valence-electron chi connectivity index (χ2n) is 7.06. The van der Waals surface area contributed by atoms with E-state index in [2.05, 4.69) is 10.3 Å². The van der Waals surface area contributed by atoms with Gasteiger partial charge in [0.1, 0.15) is 0 Å². The predicted octanol–water partition coefficient (Wildman–Crippen LogP) is 2.96. The van der Waals surface area contributed by atoms with E-state index in [1.807, 2.05) is 31.4 Å². The molecule has 0 radical (unpaired) electrons. The highest BCUT2D eigenvalue weighted by atomic mass is 32.2. The van der Waals surface area contributed by atoms with Crippen LogP contribution in [0.5, 0.6) is 0 Å². The molecule has 1 aliphatic rings. The van der Waals surface area contributed by atoms with Crippen molar-refractivity contribution in [3.05, 3.63) is 45.4 Å². The van der Waals surface area contributed by atoms with Crippen molar-refractivity contribution in [2.24, 2.45) is 0 Å². The van der Waals surface area contributed by atoms with E-state index in [1.54, 1.807) is 10.4 Å². The Morgan fingerprint density at radius 3 is 2.85 bits per heavy atom. The molecule has 8 heteroatoms. The van der Waals surface area contributed by atoms with Gasteiger partial charge in [-0.3, -0.25) is 4.79 Å². The number of carbonyl (C=O) groups is 1. The van der Waals surface area contributed by atoms with Gasteiger partial charge in [-0.05, 0) is 38.3 Å². The van der Waals surface area contributed by atoms with Gasteiger partial charge in [-0.1, -0.05) is 17.7 Å². The lowest BCUT2D eigenvalue weighted by Gasteiger charge is -2.31. The third kappa shape index (κ3) is 4.56. The molecule has 1 N–H and O–H groups in total. The summed E-state index contributed by atoms with van der Waals surface area (Å²) in [4.78, 5) is 16.0. The van der Waals surface area contributed by atoms with Crippen LogP contribution >= 0.6 is 11.3 Å².